The van der Waals surface area contributed by atoms with E-state index in [2.05, 4.69) is 33.9 Å². The molecule has 19 heavy (non-hydrogen) atoms. The zero-order valence-corrected chi connectivity index (χ0v) is 13.3. The van der Waals surface area contributed by atoms with Crippen LogP contribution in [0.3, 0.4) is 0 Å². The first kappa shape index (κ1) is 14.8. The normalized spacial score (nSPS) is 23.6. The third-order valence-electron chi connectivity index (χ3n) is 4.03. The number of nitrogens with zero attached hydrogens (tertiary/aromatic N) is 1. The maximum Gasteiger partial charge on any atom is 0.123 e. The molecule has 0 amide bonds. The summed E-state index contributed by atoms with van der Waals surface area (Å²) in [5.41, 5.74) is 7.20. The number of hydrogen-bond acceptors (Lipinski definition) is 3. The van der Waals surface area contributed by atoms with Gasteiger partial charge in [-0.25, -0.2) is 0 Å². The molecule has 4 heteroatoms. The maximum atomic E-state index is 5.97. The van der Waals surface area contributed by atoms with Crippen molar-refractivity contribution in [1.82, 2.24) is 4.90 Å². The van der Waals surface area contributed by atoms with E-state index in [0.717, 1.165) is 29.6 Å². The summed E-state index contributed by atoms with van der Waals surface area (Å²) in [5.74, 6) is 0.961. The fraction of sp³-hybridized carbons (Fsp3) is 0.600. The Hall–Kier alpha value is -0.580. The molecular formula is C15H23BrN2O. The number of methoxy groups -OCH3 is 1. The molecule has 106 valence electrons. The van der Waals surface area contributed by atoms with E-state index in [-0.39, 0.29) is 0 Å². The fourth-order valence-corrected chi connectivity index (χ4v) is 3.22. The molecule has 0 atom stereocenters. The smallest absolute Gasteiger partial charge is 0.123 e. The molecule has 0 aliphatic heterocycles. The largest absolute Gasteiger partial charge is 0.496 e. The van der Waals surface area contributed by atoms with Crippen molar-refractivity contribution in [3.8, 4) is 5.75 Å². The van der Waals surface area contributed by atoms with Crippen molar-refractivity contribution in [3.63, 3.8) is 0 Å². The van der Waals surface area contributed by atoms with Crippen LogP contribution in [0.25, 0.3) is 0 Å². The average Bonchev–Trinajstić information content (AvgIpc) is 2.39. The van der Waals surface area contributed by atoms with E-state index in [9.17, 15) is 0 Å². The Kier molecular flexibility index (Phi) is 5.25. The Bertz CT molecular complexity index is 417. The summed E-state index contributed by atoms with van der Waals surface area (Å²) in [6, 6.07) is 7.23. The minimum absolute atomic E-state index is 0.407. The van der Waals surface area contributed by atoms with Crippen LogP contribution >= 0.6 is 15.9 Å². The van der Waals surface area contributed by atoms with E-state index >= 15 is 0 Å². The topological polar surface area (TPSA) is 38.5 Å². The van der Waals surface area contributed by atoms with Gasteiger partial charge in [0.2, 0.25) is 0 Å². The molecule has 3 nitrogen and oxygen atoms in total. The summed E-state index contributed by atoms with van der Waals surface area (Å²) < 4.78 is 6.54. The highest BCUT2D eigenvalue weighted by atomic mass is 79.9. The van der Waals surface area contributed by atoms with Crippen molar-refractivity contribution in [2.45, 2.75) is 44.3 Å². The molecule has 1 aromatic carbocycles. The molecule has 0 radical (unpaired) electrons. The Morgan fingerprint density at radius 1 is 1.32 bits per heavy atom. The van der Waals surface area contributed by atoms with Crippen molar-refractivity contribution in [1.29, 1.82) is 0 Å². The SMILES string of the molecule is COc1ccc(Br)cc1CN(C)C1CCC(N)CC1. The Morgan fingerprint density at radius 2 is 2.00 bits per heavy atom. The summed E-state index contributed by atoms with van der Waals surface area (Å²) in [4.78, 5) is 2.43. The molecule has 1 fully saturated rings. The van der Waals surface area contributed by atoms with Crippen LogP contribution in [-0.2, 0) is 6.54 Å². The van der Waals surface area contributed by atoms with Gasteiger partial charge in [0.25, 0.3) is 0 Å². The highest BCUT2D eigenvalue weighted by molar-refractivity contribution is 9.10. The first-order chi connectivity index (χ1) is 9.10. The first-order valence-corrected chi connectivity index (χ1v) is 7.67. The van der Waals surface area contributed by atoms with Crippen LogP contribution < -0.4 is 10.5 Å². The molecular weight excluding hydrogens is 304 g/mol. The monoisotopic (exact) mass is 326 g/mol. The van der Waals surface area contributed by atoms with Crippen LogP contribution in [0.4, 0.5) is 0 Å². The summed E-state index contributed by atoms with van der Waals surface area (Å²) in [7, 11) is 3.92. The zero-order valence-electron chi connectivity index (χ0n) is 11.7. The number of benzene rings is 1. The quantitative estimate of drug-likeness (QED) is 0.923. The molecule has 1 aliphatic rings. The van der Waals surface area contributed by atoms with Gasteiger partial charge in [0, 0.05) is 28.7 Å². The first-order valence-electron chi connectivity index (χ1n) is 6.88. The van der Waals surface area contributed by atoms with E-state index in [1.165, 1.54) is 18.4 Å². The molecule has 1 aliphatic carbocycles. The summed E-state index contributed by atoms with van der Waals surface area (Å²) in [6.07, 6.45) is 4.69. The second-order valence-corrected chi connectivity index (χ2v) is 6.36. The minimum atomic E-state index is 0.407. The highest BCUT2D eigenvalue weighted by Gasteiger charge is 2.22. The van der Waals surface area contributed by atoms with Gasteiger partial charge < -0.3 is 10.5 Å². The lowest BCUT2D eigenvalue weighted by Gasteiger charge is -2.33. The molecule has 0 bridgehead atoms. The molecule has 2 rings (SSSR count). The predicted molar refractivity (Wildman–Crippen MR) is 82.4 cm³/mol. The van der Waals surface area contributed by atoms with Gasteiger partial charge in [-0.1, -0.05) is 15.9 Å². The lowest BCUT2D eigenvalue weighted by atomic mass is 9.91. The highest BCUT2D eigenvalue weighted by Crippen LogP contribution is 2.27. The molecule has 1 aromatic rings. The number of hydrogen-bond donors (Lipinski definition) is 1. The number of halogens is 1. The van der Waals surface area contributed by atoms with Gasteiger partial charge in [0.1, 0.15) is 5.75 Å². The van der Waals surface area contributed by atoms with Gasteiger partial charge in [-0.3, -0.25) is 4.90 Å². The van der Waals surface area contributed by atoms with Crippen LogP contribution in [0.1, 0.15) is 31.2 Å². The van der Waals surface area contributed by atoms with E-state index in [0.29, 0.717) is 12.1 Å². The Morgan fingerprint density at radius 3 is 2.63 bits per heavy atom. The van der Waals surface area contributed by atoms with E-state index < -0.39 is 0 Å². The molecule has 0 heterocycles. The van der Waals surface area contributed by atoms with Crippen molar-refractivity contribution >= 4 is 15.9 Å². The van der Waals surface area contributed by atoms with Gasteiger partial charge >= 0.3 is 0 Å². The molecule has 1 saturated carbocycles. The molecule has 0 saturated heterocycles. The van der Waals surface area contributed by atoms with Gasteiger partial charge in [-0.05, 0) is 50.9 Å². The lowest BCUT2D eigenvalue weighted by Crippen LogP contribution is -2.38. The number of ether oxygens (including phenoxy) is 1. The second-order valence-electron chi connectivity index (χ2n) is 5.44. The van der Waals surface area contributed by atoms with E-state index in [1.54, 1.807) is 7.11 Å². The molecule has 2 N–H and O–H groups in total. The van der Waals surface area contributed by atoms with Crippen molar-refractivity contribution in [3.05, 3.63) is 28.2 Å². The third kappa shape index (κ3) is 3.94. The standard InChI is InChI=1S/C15H23BrN2O/c1-18(14-6-4-13(17)5-7-14)10-11-9-12(16)3-8-15(11)19-2/h3,8-9,13-14H,4-7,10,17H2,1-2H3. The van der Waals surface area contributed by atoms with Gasteiger partial charge in [0.05, 0.1) is 7.11 Å². The van der Waals surface area contributed by atoms with Crippen LogP contribution in [0.5, 0.6) is 5.75 Å². The fourth-order valence-electron chi connectivity index (χ4n) is 2.81. The number of nitrogens with two attached hydrogens (primary N) is 1. The van der Waals surface area contributed by atoms with Crippen molar-refractivity contribution < 1.29 is 4.74 Å². The Balaban J connectivity index is 2.02. The van der Waals surface area contributed by atoms with Crippen molar-refractivity contribution in [2.75, 3.05) is 14.2 Å². The Labute approximate surface area is 124 Å². The summed E-state index contributed by atoms with van der Waals surface area (Å²) in [6.45, 7) is 0.919. The predicted octanol–water partition coefficient (Wildman–Crippen LogP) is 3.16. The average molecular weight is 327 g/mol. The minimum Gasteiger partial charge on any atom is -0.496 e. The second kappa shape index (κ2) is 6.73. The summed E-state index contributed by atoms with van der Waals surface area (Å²) in [5, 5.41) is 0. The van der Waals surface area contributed by atoms with Crippen molar-refractivity contribution in [2.24, 2.45) is 5.73 Å². The maximum absolute atomic E-state index is 5.97. The van der Waals surface area contributed by atoms with Crippen LogP contribution in [-0.4, -0.2) is 31.1 Å². The lowest BCUT2D eigenvalue weighted by molar-refractivity contribution is 0.174. The van der Waals surface area contributed by atoms with E-state index in [4.69, 9.17) is 10.5 Å². The summed E-state index contributed by atoms with van der Waals surface area (Å²) >= 11 is 3.53. The van der Waals surface area contributed by atoms with Crippen LogP contribution in [0.2, 0.25) is 0 Å². The van der Waals surface area contributed by atoms with E-state index in [1.807, 2.05) is 12.1 Å². The van der Waals surface area contributed by atoms with Crippen LogP contribution in [0, 0.1) is 0 Å². The molecule has 0 unspecified atom stereocenters. The zero-order chi connectivity index (χ0) is 13.8. The van der Waals surface area contributed by atoms with Crippen LogP contribution in [0.15, 0.2) is 22.7 Å². The molecule has 0 aromatic heterocycles. The van der Waals surface area contributed by atoms with Gasteiger partial charge in [0.15, 0.2) is 0 Å². The van der Waals surface area contributed by atoms with Gasteiger partial charge in [-0.15, -0.1) is 0 Å². The molecule has 0 spiro atoms. The number of rotatable bonds is 4. The van der Waals surface area contributed by atoms with Gasteiger partial charge in [-0.2, -0.15) is 0 Å². The third-order valence-corrected chi connectivity index (χ3v) is 4.52.